The number of methoxy groups -OCH3 is 1. The molecule has 31 heavy (non-hydrogen) atoms. The van der Waals surface area contributed by atoms with E-state index in [0.29, 0.717) is 29.2 Å². The number of rotatable bonds is 8. The molecule has 0 aromatic heterocycles. The quantitative estimate of drug-likeness (QED) is 0.203. The molecule has 0 radical (unpaired) electrons. The fourth-order valence-corrected chi connectivity index (χ4v) is 3.19. The summed E-state index contributed by atoms with van der Waals surface area (Å²) in [5.74, 6) is -1.19. The van der Waals surface area contributed by atoms with E-state index < -0.39 is 16.9 Å². The van der Waals surface area contributed by atoms with Crippen LogP contribution in [0.4, 0.5) is 5.69 Å². The number of carbonyl (C=O) groups excluding carboxylic acids is 2. The molecule has 0 saturated carbocycles. The largest absolute Gasteiger partial charge is 0.465 e. The molecule has 1 heterocycles. The maximum atomic E-state index is 12.4. The maximum absolute atomic E-state index is 12.4. The number of ether oxygens (including phenoxy) is 3. The summed E-state index contributed by atoms with van der Waals surface area (Å²) in [7, 11) is 1.24. The normalized spacial score (nSPS) is 17.7. The van der Waals surface area contributed by atoms with E-state index in [1.807, 2.05) is 0 Å². The Hall–Kier alpha value is -3.33. The summed E-state index contributed by atoms with van der Waals surface area (Å²) in [6.07, 6.45) is 2.97. The predicted molar refractivity (Wildman–Crippen MR) is 115 cm³/mol. The monoisotopic (exact) mass is 430 g/mol. The van der Waals surface area contributed by atoms with Crippen molar-refractivity contribution in [3.05, 3.63) is 57.3 Å². The van der Waals surface area contributed by atoms with Gasteiger partial charge in [0.2, 0.25) is 0 Å². The first-order valence-electron chi connectivity index (χ1n) is 9.79. The number of non-ortho nitro benzene ring substituents is 1. The van der Waals surface area contributed by atoms with Crippen LogP contribution in [0.2, 0.25) is 0 Å². The van der Waals surface area contributed by atoms with E-state index in [2.05, 4.69) is 4.99 Å². The van der Waals surface area contributed by atoms with Gasteiger partial charge in [0.25, 0.3) is 5.69 Å². The fourth-order valence-electron chi connectivity index (χ4n) is 3.19. The Balaban J connectivity index is 2.27. The standard InChI is InChI=1S/C22H26N2O7/c1-14(11-20(25)31-13-19-9-6-10-30-19)23-16(3)21(22(26)29-4)15(2)17-7-5-8-18(12-17)24(27)28/h5,7-8,11-12,19H,6,9-10,13H2,1-4H3/b14-11+,21-15-,23-16+. The number of aliphatic imine (C=N–C) groups is 1. The van der Waals surface area contributed by atoms with Crippen molar-refractivity contribution in [2.75, 3.05) is 20.3 Å². The summed E-state index contributed by atoms with van der Waals surface area (Å²) in [6, 6.07) is 5.93. The second-order valence-corrected chi connectivity index (χ2v) is 7.05. The molecule has 0 amide bonds. The number of benzene rings is 1. The first-order valence-corrected chi connectivity index (χ1v) is 9.79. The van der Waals surface area contributed by atoms with E-state index >= 15 is 0 Å². The molecule has 1 saturated heterocycles. The molecular weight excluding hydrogens is 404 g/mol. The predicted octanol–water partition coefficient (Wildman–Crippen LogP) is 3.63. The summed E-state index contributed by atoms with van der Waals surface area (Å²) in [4.78, 5) is 39.3. The number of hydrogen-bond acceptors (Lipinski definition) is 8. The molecule has 0 bridgehead atoms. The van der Waals surface area contributed by atoms with Crippen LogP contribution in [0.15, 0.2) is 46.6 Å². The van der Waals surface area contributed by atoms with Crippen molar-refractivity contribution < 1.29 is 28.7 Å². The van der Waals surface area contributed by atoms with Crippen molar-refractivity contribution in [2.45, 2.75) is 39.7 Å². The summed E-state index contributed by atoms with van der Waals surface area (Å²) in [6.45, 7) is 5.72. The van der Waals surface area contributed by atoms with Gasteiger partial charge in [-0.1, -0.05) is 12.1 Å². The Morgan fingerprint density at radius 1 is 1.32 bits per heavy atom. The minimum atomic E-state index is -0.640. The van der Waals surface area contributed by atoms with E-state index in [1.54, 1.807) is 26.8 Å². The van der Waals surface area contributed by atoms with Gasteiger partial charge in [-0.25, -0.2) is 9.59 Å². The molecule has 0 N–H and O–H groups in total. The highest BCUT2D eigenvalue weighted by Gasteiger charge is 2.20. The number of nitro benzene ring substituents is 1. The lowest BCUT2D eigenvalue weighted by Gasteiger charge is -2.11. The topological polar surface area (TPSA) is 117 Å². The molecule has 1 fully saturated rings. The molecule has 0 aliphatic carbocycles. The molecule has 1 aromatic rings. The Bertz CT molecular complexity index is 941. The van der Waals surface area contributed by atoms with Crippen molar-refractivity contribution in [2.24, 2.45) is 4.99 Å². The van der Waals surface area contributed by atoms with Gasteiger partial charge < -0.3 is 14.2 Å². The van der Waals surface area contributed by atoms with Gasteiger partial charge in [-0.15, -0.1) is 0 Å². The van der Waals surface area contributed by atoms with Crippen molar-refractivity contribution >= 4 is 28.9 Å². The summed E-state index contributed by atoms with van der Waals surface area (Å²) in [5, 5.41) is 11.1. The van der Waals surface area contributed by atoms with Gasteiger partial charge in [-0.3, -0.25) is 15.1 Å². The number of hydrogen-bond donors (Lipinski definition) is 0. The summed E-state index contributed by atoms with van der Waals surface area (Å²) < 4.78 is 15.5. The van der Waals surface area contributed by atoms with Crippen LogP contribution in [-0.2, 0) is 23.8 Å². The molecule has 1 atom stereocenters. The van der Waals surface area contributed by atoms with E-state index in [-0.39, 0.29) is 24.0 Å². The highest BCUT2D eigenvalue weighted by molar-refractivity contribution is 6.24. The Morgan fingerprint density at radius 3 is 2.68 bits per heavy atom. The molecule has 1 unspecified atom stereocenters. The highest BCUT2D eigenvalue weighted by atomic mass is 16.6. The minimum Gasteiger partial charge on any atom is -0.465 e. The second-order valence-electron chi connectivity index (χ2n) is 7.05. The average Bonchev–Trinajstić information content (AvgIpc) is 3.25. The van der Waals surface area contributed by atoms with E-state index in [1.165, 1.54) is 31.4 Å². The van der Waals surface area contributed by atoms with E-state index in [4.69, 9.17) is 14.2 Å². The molecule has 9 nitrogen and oxygen atoms in total. The van der Waals surface area contributed by atoms with Gasteiger partial charge in [0.05, 0.1) is 29.4 Å². The lowest BCUT2D eigenvalue weighted by Crippen LogP contribution is -2.17. The molecule has 9 heteroatoms. The van der Waals surface area contributed by atoms with E-state index in [0.717, 1.165) is 12.8 Å². The lowest BCUT2D eigenvalue weighted by atomic mass is 9.98. The van der Waals surface area contributed by atoms with Gasteiger partial charge in [0, 0.05) is 30.5 Å². The van der Waals surface area contributed by atoms with Gasteiger partial charge in [-0.2, -0.15) is 0 Å². The minimum absolute atomic E-state index is 0.0747. The number of carbonyl (C=O) groups is 2. The van der Waals surface area contributed by atoms with Crippen LogP contribution >= 0.6 is 0 Å². The van der Waals surface area contributed by atoms with Crippen molar-refractivity contribution in [3.63, 3.8) is 0 Å². The Morgan fingerprint density at radius 2 is 2.06 bits per heavy atom. The highest BCUT2D eigenvalue weighted by Crippen LogP contribution is 2.24. The van der Waals surface area contributed by atoms with Gasteiger partial charge in [0.1, 0.15) is 6.61 Å². The molecular formula is C22H26N2O7. The third kappa shape index (κ3) is 6.85. The zero-order chi connectivity index (χ0) is 23.0. The van der Waals surface area contributed by atoms with Crippen LogP contribution in [0, 0.1) is 10.1 Å². The number of allylic oxidation sites excluding steroid dienone is 2. The van der Waals surface area contributed by atoms with Gasteiger partial charge >= 0.3 is 11.9 Å². The van der Waals surface area contributed by atoms with Crippen LogP contribution in [0.5, 0.6) is 0 Å². The van der Waals surface area contributed by atoms with Crippen molar-refractivity contribution in [1.29, 1.82) is 0 Å². The molecule has 166 valence electrons. The lowest BCUT2D eigenvalue weighted by molar-refractivity contribution is -0.384. The SMILES string of the molecule is COC(=O)C(=C(/C)c1cccc([N+](=O)[O-])c1)/C(C)=N/C(C)=C/C(=O)OCC1CCCO1. The molecule has 1 aliphatic heterocycles. The third-order valence-electron chi connectivity index (χ3n) is 4.72. The number of nitro groups is 1. The van der Waals surface area contributed by atoms with Crippen molar-refractivity contribution in [3.8, 4) is 0 Å². The second kappa shape index (κ2) is 11.2. The van der Waals surface area contributed by atoms with Gasteiger partial charge in [0.15, 0.2) is 0 Å². The average molecular weight is 430 g/mol. The first-order chi connectivity index (χ1) is 14.7. The Labute approximate surface area is 180 Å². The third-order valence-corrected chi connectivity index (χ3v) is 4.72. The van der Waals surface area contributed by atoms with Crippen LogP contribution in [0.25, 0.3) is 5.57 Å². The summed E-state index contributed by atoms with van der Waals surface area (Å²) in [5.41, 5.74) is 1.65. The first kappa shape index (κ1) is 23.9. The molecule has 2 rings (SSSR count). The number of nitrogens with zero attached hydrogens (tertiary/aromatic N) is 2. The van der Waals surface area contributed by atoms with Crippen LogP contribution in [-0.4, -0.2) is 49.0 Å². The maximum Gasteiger partial charge on any atom is 0.339 e. The molecule has 0 spiro atoms. The van der Waals surface area contributed by atoms with Crippen LogP contribution in [0.3, 0.4) is 0 Å². The fraction of sp³-hybridized carbons (Fsp3) is 0.409. The molecule has 1 aliphatic rings. The molecule has 1 aromatic carbocycles. The zero-order valence-electron chi connectivity index (χ0n) is 18.0. The van der Waals surface area contributed by atoms with Crippen LogP contribution < -0.4 is 0 Å². The van der Waals surface area contributed by atoms with Crippen molar-refractivity contribution in [1.82, 2.24) is 0 Å². The summed E-state index contributed by atoms with van der Waals surface area (Å²) >= 11 is 0. The van der Waals surface area contributed by atoms with E-state index in [9.17, 15) is 19.7 Å². The Kier molecular flexibility index (Phi) is 8.63. The zero-order valence-corrected chi connectivity index (χ0v) is 18.0. The van der Waals surface area contributed by atoms with Gasteiger partial charge in [-0.05, 0) is 44.7 Å². The smallest absolute Gasteiger partial charge is 0.339 e. The number of esters is 2. The van der Waals surface area contributed by atoms with Crippen LogP contribution in [0.1, 0.15) is 39.2 Å².